The number of ketones is 3. The third-order valence-electron chi connectivity index (χ3n) is 18.1. The van der Waals surface area contributed by atoms with E-state index in [0.717, 1.165) is 9.80 Å². The summed E-state index contributed by atoms with van der Waals surface area (Å²) in [4.78, 5) is 172. The van der Waals surface area contributed by atoms with Crippen LogP contribution in [0.25, 0.3) is 0 Å². The molecule has 3 N–H and O–H groups in total. The van der Waals surface area contributed by atoms with E-state index in [4.69, 9.17) is 4.74 Å². The van der Waals surface area contributed by atoms with E-state index in [-0.39, 0.29) is 87.5 Å². The Kier molecular flexibility index (Phi) is 34.2. The van der Waals surface area contributed by atoms with Gasteiger partial charge in [-0.1, -0.05) is 116 Å². The first-order valence-corrected chi connectivity index (χ1v) is 33.2. The summed E-state index contributed by atoms with van der Waals surface area (Å²) >= 11 is 0. The molecule has 0 bridgehead atoms. The Balaban J connectivity index is 4.46. The van der Waals surface area contributed by atoms with Crippen LogP contribution in [0.15, 0.2) is 12.2 Å². The molecule has 22 nitrogen and oxygen atoms in total. The summed E-state index contributed by atoms with van der Waals surface area (Å²) < 4.78 is 5.90. The Morgan fingerprint density at radius 3 is 1.44 bits per heavy atom. The zero-order chi connectivity index (χ0) is 70.8. The standard InChI is InChI=1S/C69H122N8O14/c1-27-29-30-44(13)60(81)59-61(82)70-50(28-2)65(86)71(20)48(17)63(84)76(25)58(47(16)37-91-38-69(18,19)90)56(80)36-49(42(9)10)64(85)72(21)51(31-39(3)4)55(79)34-45(14)54(78)35-46(15)62(83)73(22)52(32-40(5)6)66(87)74(23)53(33-41(7)8)67(88)75(24)57(43(11)12)68(89)77(59)26/h27,29,39-53,57-60,81,90H,28,30-38H2,1-26H3,(H,70,82)/b29-27+/t44-,45-,46+,47-,48-,49+,50+,51+,52+,53+,57+,58+,59+,60-/m1/s1. The van der Waals surface area contributed by atoms with Crippen LogP contribution in [0.3, 0.4) is 0 Å². The molecule has 8 amide bonds. The lowest BCUT2D eigenvalue weighted by atomic mass is 9.83. The predicted octanol–water partition coefficient (Wildman–Crippen LogP) is 6.31. The molecular weight excluding hydrogens is 1160 g/mol. The highest BCUT2D eigenvalue weighted by atomic mass is 16.5. The molecule has 22 heteroatoms. The summed E-state index contributed by atoms with van der Waals surface area (Å²) in [5, 5.41) is 25.5. The summed E-state index contributed by atoms with van der Waals surface area (Å²) in [6.07, 6.45) is 2.03. The molecule has 0 spiro atoms. The number of carbonyl (C=O) groups excluding carboxylic acids is 11. The number of hydrogen-bond donors (Lipinski definition) is 3. The van der Waals surface area contributed by atoms with Crippen LogP contribution in [0.1, 0.15) is 183 Å². The number of carbonyl (C=O) groups is 11. The van der Waals surface area contributed by atoms with Gasteiger partial charge in [-0.15, -0.1) is 0 Å². The van der Waals surface area contributed by atoms with Crippen molar-refractivity contribution in [3.05, 3.63) is 12.2 Å². The van der Waals surface area contributed by atoms with E-state index >= 15 is 19.2 Å². The number of allylic oxidation sites excluding steroid dienone is 2. The van der Waals surface area contributed by atoms with Gasteiger partial charge in [0.25, 0.3) is 0 Å². The van der Waals surface area contributed by atoms with Gasteiger partial charge in [0.2, 0.25) is 47.3 Å². The Hall–Kier alpha value is -5.61. The second-order valence-corrected chi connectivity index (χ2v) is 29.0. The van der Waals surface area contributed by atoms with Gasteiger partial charge in [0.1, 0.15) is 42.0 Å². The molecule has 1 heterocycles. The van der Waals surface area contributed by atoms with Crippen LogP contribution in [0, 0.1) is 59.2 Å². The highest BCUT2D eigenvalue weighted by Crippen LogP contribution is 2.30. The van der Waals surface area contributed by atoms with Crippen molar-refractivity contribution in [1.29, 1.82) is 0 Å². The van der Waals surface area contributed by atoms with Crippen molar-refractivity contribution >= 4 is 64.6 Å². The zero-order valence-electron chi connectivity index (χ0n) is 60.6. The van der Waals surface area contributed by atoms with Crippen molar-refractivity contribution in [2.45, 2.75) is 243 Å². The number of likely N-dealkylation sites (N-methyl/N-ethyl adjacent to an activating group) is 7. The van der Waals surface area contributed by atoms with Gasteiger partial charge >= 0.3 is 0 Å². The molecule has 1 fully saturated rings. The fourth-order valence-electron chi connectivity index (χ4n) is 12.2. The first kappa shape index (κ1) is 83.4. The molecule has 0 saturated carbocycles. The van der Waals surface area contributed by atoms with Crippen LogP contribution >= 0.6 is 0 Å². The first-order chi connectivity index (χ1) is 41.8. The van der Waals surface area contributed by atoms with Gasteiger partial charge in [-0.05, 0) is 95.3 Å². The normalized spacial score (nSPS) is 27.5. The van der Waals surface area contributed by atoms with E-state index in [1.165, 1.54) is 80.8 Å². The zero-order valence-corrected chi connectivity index (χ0v) is 60.6. The highest BCUT2D eigenvalue weighted by molar-refractivity contribution is 6.00. The predicted molar refractivity (Wildman–Crippen MR) is 353 cm³/mol. The molecule has 522 valence electrons. The average Bonchev–Trinajstić information content (AvgIpc) is 1.07. The molecule has 1 rings (SSSR count). The summed E-state index contributed by atoms with van der Waals surface area (Å²) in [6.45, 7) is 32.8. The van der Waals surface area contributed by atoms with Gasteiger partial charge in [-0.3, -0.25) is 52.7 Å². The molecule has 0 aliphatic carbocycles. The maximum Gasteiger partial charge on any atom is 0.246 e. The monoisotopic (exact) mass is 1290 g/mol. The number of nitrogens with zero attached hydrogens (tertiary/aromatic N) is 7. The second kappa shape index (κ2) is 37.3. The van der Waals surface area contributed by atoms with Gasteiger partial charge < -0.3 is 54.6 Å². The lowest BCUT2D eigenvalue weighted by Gasteiger charge is -2.41. The Morgan fingerprint density at radius 1 is 0.527 bits per heavy atom. The third-order valence-corrected chi connectivity index (χ3v) is 18.1. The fourth-order valence-corrected chi connectivity index (χ4v) is 12.2. The van der Waals surface area contributed by atoms with Crippen LogP contribution < -0.4 is 5.32 Å². The fraction of sp³-hybridized carbons (Fsp3) is 0.812. The van der Waals surface area contributed by atoms with E-state index < -0.39 is 155 Å². The van der Waals surface area contributed by atoms with Crippen LogP contribution in [-0.2, 0) is 57.5 Å². The van der Waals surface area contributed by atoms with E-state index in [1.807, 2.05) is 41.5 Å². The number of ether oxygens (including phenoxy) is 1. The topological polar surface area (TPSA) is 272 Å². The van der Waals surface area contributed by atoms with Crippen molar-refractivity contribution < 1.29 is 67.7 Å². The number of aliphatic hydroxyl groups is 2. The quantitative estimate of drug-likeness (QED) is 0.127. The molecule has 1 aliphatic heterocycles. The van der Waals surface area contributed by atoms with Crippen LogP contribution in [0.2, 0.25) is 0 Å². The van der Waals surface area contributed by atoms with Gasteiger partial charge in [0.05, 0.1) is 37.0 Å². The molecule has 0 aromatic carbocycles. The third kappa shape index (κ3) is 23.7. The minimum Gasteiger partial charge on any atom is -0.390 e. The van der Waals surface area contributed by atoms with Crippen molar-refractivity contribution in [3.8, 4) is 0 Å². The van der Waals surface area contributed by atoms with E-state index in [9.17, 15) is 43.8 Å². The van der Waals surface area contributed by atoms with Gasteiger partial charge in [0.15, 0.2) is 11.6 Å². The molecule has 0 unspecified atom stereocenters. The SMILES string of the molecule is C/C=C/C[C@@H](C)[C@@H](O)[C@H]1C(=O)N[C@@H](CC)C(=O)N(C)[C@H](C)C(=O)N(C)[C@@H]([C@H](C)COCC(C)(C)O)C(=O)C[C@@H](C(C)C)C(=O)N(C)[C@@H](CC(C)C)C(=O)C[C@@H](C)C(=O)C[C@H](C)C(=O)N(C)[C@@H](CC(C)C)C(=O)N(C)[C@@H](CC(C)C)C(=O)N(C)[C@@H](C(C)C)C(=O)N1C. The van der Waals surface area contributed by atoms with Gasteiger partial charge in [0, 0.05) is 92.3 Å². The first-order valence-electron chi connectivity index (χ1n) is 33.2. The number of aliphatic hydroxyl groups excluding tert-OH is 1. The number of rotatable bonds is 18. The van der Waals surface area contributed by atoms with Crippen molar-refractivity contribution in [2.75, 3.05) is 62.5 Å². The number of hydrogen-bond acceptors (Lipinski definition) is 14. The lowest BCUT2D eigenvalue weighted by Crippen LogP contribution is -2.63. The summed E-state index contributed by atoms with van der Waals surface area (Å²) in [7, 11) is 10.1. The van der Waals surface area contributed by atoms with Crippen LogP contribution in [0.4, 0.5) is 0 Å². The van der Waals surface area contributed by atoms with Crippen LogP contribution in [0.5, 0.6) is 0 Å². The summed E-state index contributed by atoms with van der Waals surface area (Å²) in [6, 6.07) is -9.98. The maximum absolute atomic E-state index is 15.3. The molecular formula is C69H122N8O14. The van der Waals surface area contributed by atoms with Crippen molar-refractivity contribution in [2.24, 2.45) is 59.2 Å². The average molecular weight is 1290 g/mol. The number of nitrogens with one attached hydrogen (secondary N) is 1. The Labute approximate surface area is 546 Å². The molecule has 91 heavy (non-hydrogen) atoms. The second-order valence-electron chi connectivity index (χ2n) is 29.0. The minimum atomic E-state index is -1.63. The number of Topliss-reactive ketones (excluding diaryl/α,β-unsaturated/α-hetero) is 3. The molecule has 1 saturated heterocycles. The summed E-state index contributed by atoms with van der Waals surface area (Å²) in [5.41, 5.74) is -1.24. The smallest absolute Gasteiger partial charge is 0.246 e. The number of amides is 8. The molecule has 14 atom stereocenters. The van der Waals surface area contributed by atoms with Gasteiger partial charge in [-0.2, -0.15) is 0 Å². The highest BCUT2D eigenvalue weighted by Gasteiger charge is 2.46. The van der Waals surface area contributed by atoms with Crippen molar-refractivity contribution in [3.63, 3.8) is 0 Å². The van der Waals surface area contributed by atoms with Crippen LogP contribution in [-0.4, -0.2) is 232 Å². The summed E-state index contributed by atoms with van der Waals surface area (Å²) in [5.74, 6) is -12.1. The largest absolute Gasteiger partial charge is 0.390 e. The van der Waals surface area contributed by atoms with E-state index in [2.05, 4.69) is 5.32 Å². The van der Waals surface area contributed by atoms with Gasteiger partial charge in [-0.25, -0.2) is 0 Å². The Bertz CT molecular complexity index is 2490. The molecule has 0 aromatic rings. The lowest BCUT2D eigenvalue weighted by molar-refractivity contribution is -0.157. The Morgan fingerprint density at radius 2 is 0.978 bits per heavy atom. The minimum absolute atomic E-state index is 0.00681. The van der Waals surface area contributed by atoms with Crippen molar-refractivity contribution in [1.82, 2.24) is 39.6 Å². The molecule has 0 aromatic heterocycles. The maximum atomic E-state index is 15.3. The van der Waals surface area contributed by atoms with E-state index in [1.54, 1.807) is 95.2 Å². The van der Waals surface area contributed by atoms with E-state index in [0.29, 0.717) is 6.42 Å². The molecule has 0 radical (unpaired) electrons. The molecule has 1 aliphatic rings.